The third-order valence-corrected chi connectivity index (χ3v) is 0. The maximum absolute atomic E-state index is 0. The minimum atomic E-state index is 0. The third-order valence-electron chi connectivity index (χ3n) is 0. The van der Waals surface area contributed by atoms with Gasteiger partial charge in [-0.25, -0.2) is 0 Å². The molecule has 0 saturated heterocycles. The number of hydrogen-bond donors (Lipinski definition) is 0. The van der Waals surface area contributed by atoms with E-state index in [1.165, 1.54) is 0 Å². The molecule has 37 valence electrons. The Morgan fingerprint density at radius 1 is 1.00 bits per heavy atom. The topological polar surface area (TPSA) is 0 Å². The van der Waals surface area contributed by atoms with Crippen molar-refractivity contribution in [1.82, 2.24) is 0 Å². The van der Waals surface area contributed by atoms with Crippen LogP contribution < -0.4 is 0 Å². The largest absolute Gasteiger partial charge is 0.197 e. The van der Waals surface area contributed by atoms with Crippen LogP contribution in [0.25, 0.3) is 0 Å². The Bertz CT molecular complexity index is 11.6. The van der Waals surface area contributed by atoms with Crippen LogP contribution in [0.4, 0.5) is 0 Å². The molecule has 5 heavy (non-hydrogen) atoms. The second-order valence-electron chi connectivity index (χ2n) is 0. The normalized spacial score (nSPS) is 0. The molecular weight excluding hydrogens is 253 g/mol. The Balaban J connectivity index is 0. The summed E-state index contributed by atoms with van der Waals surface area (Å²) in [6, 6.07) is 0. The minimum Gasteiger partial charge on any atom is -0.197 e. The van der Waals surface area contributed by atoms with Gasteiger partial charge < -0.3 is 0 Å². The molecule has 0 heterocycles. The van der Waals surface area contributed by atoms with Gasteiger partial charge in [0, 0.05) is 18.6 Å². The SMILES string of the molecule is C.I.P.S.[V]. The van der Waals surface area contributed by atoms with Crippen LogP contribution in [0.2, 0.25) is 0 Å². The molecule has 0 nitrogen and oxygen atoms in total. The van der Waals surface area contributed by atoms with Crippen LogP contribution in [0.3, 0.4) is 0 Å². The van der Waals surface area contributed by atoms with Gasteiger partial charge in [0.2, 0.25) is 0 Å². The van der Waals surface area contributed by atoms with Crippen molar-refractivity contribution in [2.75, 3.05) is 0 Å². The summed E-state index contributed by atoms with van der Waals surface area (Å²) in [6.07, 6.45) is 0. The van der Waals surface area contributed by atoms with Gasteiger partial charge in [-0.2, -0.15) is 23.4 Å². The first-order chi connectivity index (χ1) is 0. The zero-order valence-corrected chi connectivity index (χ0v) is 8.20. The molecule has 0 aliphatic rings. The van der Waals surface area contributed by atoms with Crippen molar-refractivity contribution >= 4 is 47.4 Å². The Kier molecular flexibility index (Phi) is 433. The first-order valence-electron chi connectivity index (χ1n) is 0. The first-order valence-corrected chi connectivity index (χ1v) is 0. The van der Waals surface area contributed by atoms with Gasteiger partial charge in [-0.05, 0) is 0 Å². The van der Waals surface area contributed by atoms with E-state index in [9.17, 15) is 0 Å². The van der Waals surface area contributed by atoms with Crippen molar-refractivity contribution in [2.45, 2.75) is 7.43 Å². The number of hydrogen-bond acceptors (Lipinski definition) is 0. The molecule has 1 unspecified atom stereocenters. The molecule has 0 bridgehead atoms. The molecule has 0 aromatic rings. The van der Waals surface area contributed by atoms with E-state index in [0.29, 0.717) is 0 Å². The number of halogens is 1. The van der Waals surface area contributed by atoms with Gasteiger partial charge in [0.15, 0.2) is 0 Å². The van der Waals surface area contributed by atoms with Crippen molar-refractivity contribution in [2.24, 2.45) is 0 Å². The van der Waals surface area contributed by atoms with Crippen molar-refractivity contribution in [3.05, 3.63) is 0 Å². The van der Waals surface area contributed by atoms with Crippen LogP contribution in [0.1, 0.15) is 7.43 Å². The molecular formula is CH10IPSV. The fourth-order valence-corrected chi connectivity index (χ4v) is 0. The van der Waals surface area contributed by atoms with Gasteiger partial charge in [0.05, 0.1) is 0 Å². The minimum absolute atomic E-state index is 0. The van der Waals surface area contributed by atoms with Crippen LogP contribution in [0.15, 0.2) is 0 Å². The van der Waals surface area contributed by atoms with Gasteiger partial charge in [-0.3, -0.25) is 0 Å². The molecule has 0 rings (SSSR count). The van der Waals surface area contributed by atoms with Crippen LogP contribution in [0.5, 0.6) is 0 Å². The van der Waals surface area contributed by atoms with Crippen LogP contribution in [0, 0.1) is 0 Å². The van der Waals surface area contributed by atoms with E-state index in [4.69, 9.17) is 0 Å². The van der Waals surface area contributed by atoms with Crippen molar-refractivity contribution in [3.63, 3.8) is 0 Å². The van der Waals surface area contributed by atoms with E-state index in [2.05, 4.69) is 0 Å². The fourth-order valence-electron chi connectivity index (χ4n) is 0. The molecule has 4 heteroatoms. The molecule has 0 fully saturated rings. The molecule has 1 radical (unpaired) electrons. The second kappa shape index (κ2) is 36.1. The second-order valence-corrected chi connectivity index (χ2v) is 0. The average Bonchev–Trinajstić information content (AvgIpc) is 0. The van der Waals surface area contributed by atoms with E-state index < -0.39 is 0 Å². The molecule has 0 aliphatic heterocycles. The molecule has 0 aromatic heterocycles. The zero-order valence-electron chi connectivity index (χ0n) is 2.06. The summed E-state index contributed by atoms with van der Waals surface area (Å²) < 4.78 is 0. The molecule has 1 atom stereocenters. The molecule has 0 amide bonds. The van der Waals surface area contributed by atoms with Gasteiger partial charge in [-0.1, -0.05) is 7.43 Å². The maximum Gasteiger partial charge on any atom is 0 e. The van der Waals surface area contributed by atoms with Gasteiger partial charge in [-0.15, -0.1) is 24.0 Å². The molecule has 0 aliphatic carbocycles. The fraction of sp³-hybridized carbons (Fsp3) is 1.00. The zero-order chi connectivity index (χ0) is 0. The first kappa shape index (κ1) is 60.1. The van der Waals surface area contributed by atoms with Crippen LogP contribution in [-0.4, -0.2) is 0 Å². The monoisotopic (exact) mass is 263 g/mol. The van der Waals surface area contributed by atoms with E-state index in [-0.39, 0.29) is 73.4 Å². The molecule has 0 aromatic carbocycles. The van der Waals surface area contributed by atoms with E-state index >= 15 is 0 Å². The molecule has 0 N–H and O–H groups in total. The summed E-state index contributed by atoms with van der Waals surface area (Å²) in [5, 5.41) is 0. The quantitative estimate of drug-likeness (QED) is 0.458. The van der Waals surface area contributed by atoms with E-state index in [1.807, 2.05) is 0 Å². The summed E-state index contributed by atoms with van der Waals surface area (Å²) in [7, 11) is 0. The van der Waals surface area contributed by atoms with Gasteiger partial charge in [0.1, 0.15) is 0 Å². The maximum atomic E-state index is 0. The smallest absolute Gasteiger partial charge is 0 e. The Morgan fingerprint density at radius 2 is 1.00 bits per heavy atom. The Morgan fingerprint density at radius 3 is 1.00 bits per heavy atom. The average molecular weight is 263 g/mol. The summed E-state index contributed by atoms with van der Waals surface area (Å²) in [6.45, 7) is 0. The standard InChI is InChI=1S/CH4.HI.H3P.H2S.V/h1H4;1H;1H3;1H2;. The molecule has 0 saturated carbocycles. The van der Waals surface area contributed by atoms with Crippen molar-refractivity contribution in [3.8, 4) is 0 Å². The molecule has 0 spiro atoms. The summed E-state index contributed by atoms with van der Waals surface area (Å²) in [5.74, 6) is 0. The van der Waals surface area contributed by atoms with Gasteiger partial charge in [0.25, 0.3) is 0 Å². The van der Waals surface area contributed by atoms with Crippen LogP contribution in [-0.2, 0) is 18.6 Å². The summed E-state index contributed by atoms with van der Waals surface area (Å²) in [4.78, 5) is 0. The van der Waals surface area contributed by atoms with Crippen LogP contribution >= 0.6 is 47.4 Å². The Hall–Kier alpha value is 2.09. The van der Waals surface area contributed by atoms with E-state index in [1.54, 1.807) is 0 Å². The Labute approximate surface area is 72.8 Å². The van der Waals surface area contributed by atoms with Crippen molar-refractivity contribution in [1.29, 1.82) is 0 Å². The predicted molar refractivity (Wildman–Crippen MR) is 43.6 cm³/mol. The van der Waals surface area contributed by atoms with Gasteiger partial charge >= 0.3 is 0 Å². The van der Waals surface area contributed by atoms with Crippen molar-refractivity contribution < 1.29 is 18.6 Å². The summed E-state index contributed by atoms with van der Waals surface area (Å²) in [5.41, 5.74) is 0. The predicted octanol–water partition coefficient (Wildman–Crippen LogP) is 1.42. The number of rotatable bonds is 0. The van der Waals surface area contributed by atoms with E-state index in [0.717, 1.165) is 0 Å². The third kappa shape index (κ3) is 23.3. The summed E-state index contributed by atoms with van der Waals surface area (Å²) >= 11 is 0.